The zero-order valence-corrected chi connectivity index (χ0v) is 13.9. The van der Waals surface area contributed by atoms with Crippen molar-refractivity contribution in [3.63, 3.8) is 0 Å². The summed E-state index contributed by atoms with van der Waals surface area (Å²) in [6.07, 6.45) is 5.51. The Labute approximate surface area is 128 Å². The third-order valence-corrected chi connectivity index (χ3v) is 7.53. The lowest BCUT2D eigenvalue weighted by atomic mass is 9.89. The highest BCUT2D eigenvalue weighted by Gasteiger charge is 2.39. The van der Waals surface area contributed by atoms with E-state index in [1.54, 1.807) is 0 Å². The number of rotatable bonds is 3. The van der Waals surface area contributed by atoms with E-state index in [2.05, 4.69) is 37.2 Å². The van der Waals surface area contributed by atoms with Crippen LogP contribution in [0.4, 0.5) is 0 Å². The molecular weight excluding hydrogens is 378 g/mol. The summed E-state index contributed by atoms with van der Waals surface area (Å²) in [7, 11) is 0. The first-order valence-corrected chi connectivity index (χ1v) is 8.76. The summed E-state index contributed by atoms with van der Waals surface area (Å²) in [6, 6.07) is 1.88. The van der Waals surface area contributed by atoms with E-state index in [-0.39, 0.29) is 5.91 Å². The number of carbonyl (C=O) groups is 1. The second-order valence-electron chi connectivity index (χ2n) is 5.38. The van der Waals surface area contributed by atoms with Gasteiger partial charge >= 0.3 is 0 Å². The van der Waals surface area contributed by atoms with E-state index in [9.17, 15) is 4.79 Å². The van der Waals surface area contributed by atoms with Crippen molar-refractivity contribution in [3.05, 3.63) is 19.2 Å². The first-order valence-electron chi connectivity index (χ1n) is 6.36. The van der Waals surface area contributed by atoms with Crippen LogP contribution in [0.25, 0.3) is 0 Å². The molecule has 2 bridgehead atoms. The van der Waals surface area contributed by atoms with Crippen LogP contribution >= 0.6 is 43.2 Å². The molecule has 1 aromatic rings. The molecule has 1 heterocycles. The maximum absolute atomic E-state index is 12.0. The van der Waals surface area contributed by atoms with Gasteiger partial charge < -0.3 is 5.32 Å². The molecule has 18 heavy (non-hydrogen) atoms. The lowest BCUT2D eigenvalue weighted by Gasteiger charge is -2.21. The van der Waals surface area contributed by atoms with Crippen LogP contribution < -0.4 is 5.32 Å². The molecule has 5 heteroatoms. The van der Waals surface area contributed by atoms with E-state index in [4.69, 9.17) is 0 Å². The lowest BCUT2D eigenvalue weighted by molar-refractivity contribution is 0.0946. The molecule has 1 amide bonds. The summed E-state index contributed by atoms with van der Waals surface area (Å²) in [4.78, 5) is 12.8. The number of fused-ring (bicyclic) bond motifs is 2. The normalized spacial score (nSPS) is 29.8. The molecule has 98 valence electrons. The fraction of sp³-hybridized carbons (Fsp3) is 0.615. The quantitative estimate of drug-likeness (QED) is 0.809. The summed E-state index contributed by atoms with van der Waals surface area (Å²) >= 11 is 8.31. The monoisotopic (exact) mass is 391 g/mol. The van der Waals surface area contributed by atoms with E-state index >= 15 is 0 Å². The van der Waals surface area contributed by atoms with Crippen LogP contribution in [0.3, 0.4) is 0 Å². The van der Waals surface area contributed by atoms with Crippen LogP contribution in [0.5, 0.6) is 0 Å². The highest BCUT2D eigenvalue weighted by molar-refractivity contribution is 9.13. The molecule has 3 unspecified atom stereocenters. The molecule has 0 aromatic carbocycles. The van der Waals surface area contributed by atoms with Crippen LogP contribution in [0.1, 0.15) is 35.4 Å². The van der Waals surface area contributed by atoms with Crippen molar-refractivity contribution >= 4 is 49.1 Å². The third kappa shape index (κ3) is 2.54. The molecule has 0 aliphatic heterocycles. The van der Waals surface area contributed by atoms with Crippen molar-refractivity contribution < 1.29 is 4.79 Å². The van der Waals surface area contributed by atoms with Gasteiger partial charge in [-0.2, -0.15) is 0 Å². The van der Waals surface area contributed by atoms with Gasteiger partial charge in [0.1, 0.15) is 0 Å². The van der Waals surface area contributed by atoms with Gasteiger partial charge in [-0.3, -0.25) is 4.79 Å². The fourth-order valence-corrected chi connectivity index (χ4v) is 5.35. The molecular formula is C13H15Br2NOS. The highest BCUT2D eigenvalue weighted by atomic mass is 79.9. The standard InChI is InChI=1S/C13H15Br2NOS/c14-10-5-11(18-12(10)15)13(17)16-6-9-4-7-1-2-8(9)3-7/h5,7-9H,1-4,6H2,(H,16,17). The van der Waals surface area contributed by atoms with Crippen molar-refractivity contribution in [2.75, 3.05) is 6.54 Å². The Bertz CT molecular complexity index is 454. The van der Waals surface area contributed by atoms with E-state index in [0.29, 0.717) is 0 Å². The molecule has 2 nitrogen and oxygen atoms in total. The van der Waals surface area contributed by atoms with Gasteiger partial charge in [0, 0.05) is 11.0 Å². The number of hydrogen-bond donors (Lipinski definition) is 1. The van der Waals surface area contributed by atoms with E-state index in [1.807, 2.05) is 6.07 Å². The van der Waals surface area contributed by atoms with Crippen molar-refractivity contribution in [1.29, 1.82) is 0 Å². The third-order valence-electron chi connectivity index (χ3n) is 4.28. The maximum atomic E-state index is 12.0. The Hall–Kier alpha value is 0.130. The maximum Gasteiger partial charge on any atom is 0.261 e. The van der Waals surface area contributed by atoms with E-state index in [0.717, 1.165) is 37.4 Å². The largest absolute Gasteiger partial charge is 0.351 e. The van der Waals surface area contributed by atoms with E-state index in [1.165, 1.54) is 37.0 Å². The average molecular weight is 393 g/mol. The van der Waals surface area contributed by atoms with Crippen molar-refractivity contribution in [2.24, 2.45) is 17.8 Å². The molecule has 2 saturated carbocycles. The number of amides is 1. The van der Waals surface area contributed by atoms with Crippen LogP contribution in [-0.4, -0.2) is 12.5 Å². The second-order valence-corrected chi connectivity index (χ2v) is 8.60. The van der Waals surface area contributed by atoms with Gasteiger partial charge in [0.05, 0.1) is 8.66 Å². The summed E-state index contributed by atoms with van der Waals surface area (Å²) in [6.45, 7) is 0.854. The number of nitrogens with one attached hydrogen (secondary N) is 1. The number of hydrogen-bond acceptors (Lipinski definition) is 2. The van der Waals surface area contributed by atoms with Gasteiger partial charge in [0.25, 0.3) is 5.91 Å². The van der Waals surface area contributed by atoms with Gasteiger partial charge in [0.15, 0.2) is 0 Å². The molecule has 0 saturated heterocycles. The minimum Gasteiger partial charge on any atom is -0.351 e. The Balaban J connectivity index is 1.55. The summed E-state index contributed by atoms with van der Waals surface area (Å²) in [5.74, 6) is 2.60. The summed E-state index contributed by atoms with van der Waals surface area (Å²) in [5, 5.41) is 3.10. The van der Waals surface area contributed by atoms with Crippen molar-refractivity contribution in [3.8, 4) is 0 Å². The minimum atomic E-state index is 0.0640. The molecule has 3 atom stereocenters. The number of thiophene rings is 1. The lowest BCUT2D eigenvalue weighted by Crippen LogP contribution is -2.31. The van der Waals surface area contributed by atoms with Crippen LogP contribution in [0, 0.1) is 17.8 Å². The summed E-state index contributed by atoms with van der Waals surface area (Å²) < 4.78 is 1.94. The Morgan fingerprint density at radius 1 is 1.39 bits per heavy atom. The number of halogens is 2. The van der Waals surface area contributed by atoms with Gasteiger partial charge in [0.2, 0.25) is 0 Å². The Morgan fingerprint density at radius 2 is 2.22 bits per heavy atom. The van der Waals surface area contributed by atoms with Gasteiger partial charge in [-0.25, -0.2) is 0 Å². The van der Waals surface area contributed by atoms with Gasteiger partial charge in [-0.15, -0.1) is 11.3 Å². The molecule has 2 aliphatic rings. The second kappa shape index (κ2) is 5.25. The molecule has 2 aliphatic carbocycles. The smallest absolute Gasteiger partial charge is 0.261 e. The SMILES string of the molecule is O=C(NCC1CC2CCC1C2)c1cc(Br)c(Br)s1. The van der Waals surface area contributed by atoms with Crippen molar-refractivity contribution in [2.45, 2.75) is 25.7 Å². The highest BCUT2D eigenvalue weighted by Crippen LogP contribution is 2.48. The Kier molecular flexibility index (Phi) is 3.83. The molecule has 1 N–H and O–H groups in total. The predicted octanol–water partition coefficient (Wildman–Crippen LogP) is 4.44. The fourth-order valence-electron chi connectivity index (χ4n) is 3.40. The van der Waals surface area contributed by atoms with Gasteiger partial charge in [-0.05, 0) is 74.9 Å². The molecule has 0 spiro atoms. The minimum absolute atomic E-state index is 0.0640. The van der Waals surface area contributed by atoms with E-state index < -0.39 is 0 Å². The predicted molar refractivity (Wildman–Crippen MR) is 81.0 cm³/mol. The Morgan fingerprint density at radius 3 is 2.78 bits per heavy atom. The van der Waals surface area contributed by atoms with Gasteiger partial charge in [-0.1, -0.05) is 6.42 Å². The average Bonchev–Trinajstić information content (AvgIpc) is 3.03. The van der Waals surface area contributed by atoms with Crippen molar-refractivity contribution in [1.82, 2.24) is 5.32 Å². The molecule has 3 rings (SSSR count). The van der Waals surface area contributed by atoms with Crippen LogP contribution in [-0.2, 0) is 0 Å². The topological polar surface area (TPSA) is 29.1 Å². The molecule has 2 fully saturated rings. The van der Waals surface area contributed by atoms with Crippen LogP contribution in [0.2, 0.25) is 0 Å². The first kappa shape index (κ1) is 13.1. The number of carbonyl (C=O) groups excluding carboxylic acids is 1. The zero-order chi connectivity index (χ0) is 12.7. The summed E-state index contributed by atoms with van der Waals surface area (Å²) in [5.41, 5.74) is 0. The van der Waals surface area contributed by atoms with Crippen LogP contribution in [0.15, 0.2) is 14.3 Å². The molecule has 1 aromatic heterocycles. The first-order chi connectivity index (χ1) is 8.63. The zero-order valence-electron chi connectivity index (χ0n) is 9.92. The molecule has 0 radical (unpaired) electrons.